The minimum atomic E-state index is -3.12. The predicted molar refractivity (Wildman–Crippen MR) is 79.4 cm³/mol. The largest absolute Gasteiger partial charge is 0.497 e. The van der Waals surface area contributed by atoms with Crippen LogP contribution in [0.4, 0.5) is 0 Å². The summed E-state index contributed by atoms with van der Waals surface area (Å²) >= 11 is 0. The average molecular weight is 298 g/mol. The third kappa shape index (κ3) is 3.13. The van der Waals surface area contributed by atoms with Gasteiger partial charge in [0.2, 0.25) is 10.0 Å². The summed E-state index contributed by atoms with van der Waals surface area (Å²) < 4.78 is 30.8. The Balaban J connectivity index is 2.20. The lowest BCUT2D eigenvalue weighted by Crippen LogP contribution is -2.49. The summed E-state index contributed by atoms with van der Waals surface area (Å²) in [5, 5.41) is 0. The number of hydrogen-bond acceptors (Lipinski definition) is 4. The second kappa shape index (κ2) is 6.11. The first-order valence-electron chi connectivity index (χ1n) is 6.80. The number of sulfonamides is 1. The van der Waals surface area contributed by atoms with Crippen molar-refractivity contribution in [3.8, 4) is 5.75 Å². The molecule has 112 valence electrons. The second-order valence-electron chi connectivity index (χ2n) is 5.03. The normalized spacial score (nSPS) is 21.9. The number of benzene rings is 1. The van der Waals surface area contributed by atoms with Crippen molar-refractivity contribution in [1.29, 1.82) is 0 Å². The van der Waals surface area contributed by atoms with Gasteiger partial charge in [-0.15, -0.1) is 0 Å². The van der Waals surface area contributed by atoms with Gasteiger partial charge in [0.25, 0.3) is 0 Å². The van der Waals surface area contributed by atoms with Crippen molar-refractivity contribution >= 4 is 10.0 Å². The van der Waals surface area contributed by atoms with Crippen molar-refractivity contribution in [2.24, 2.45) is 0 Å². The number of ether oxygens (including phenoxy) is 1. The molecule has 1 saturated heterocycles. The van der Waals surface area contributed by atoms with E-state index in [-0.39, 0.29) is 11.8 Å². The minimum Gasteiger partial charge on any atom is -0.497 e. The van der Waals surface area contributed by atoms with E-state index in [1.165, 1.54) is 0 Å². The molecule has 0 aliphatic carbocycles. The van der Waals surface area contributed by atoms with Crippen LogP contribution >= 0.6 is 0 Å². The number of nitrogens with zero attached hydrogens (tertiary/aromatic N) is 2. The van der Waals surface area contributed by atoms with Gasteiger partial charge in [-0.1, -0.05) is 12.1 Å². The van der Waals surface area contributed by atoms with Gasteiger partial charge in [0, 0.05) is 25.7 Å². The van der Waals surface area contributed by atoms with Crippen LogP contribution in [0.3, 0.4) is 0 Å². The van der Waals surface area contributed by atoms with E-state index in [4.69, 9.17) is 4.74 Å². The Morgan fingerprint density at radius 3 is 2.45 bits per heavy atom. The fourth-order valence-electron chi connectivity index (χ4n) is 2.47. The molecular formula is C14H22N2O3S. The molecule has 1 aliphatic heterocycles. The van der Waals surface area contributed by atoms with Crippen LogP contribution in [0.25, 0.3) is 0 Å². The first kappa shape index (κ1) is 15.3. The zero-order valence-electron chi connectivity index (χ0n) is 12.2. The van der Waals surface area contributed by atoms with Crippen molar-refractivity contribution < 1.29 is 13.2 Å². The highest BCUT2D eigenvalue weighted by molar-refractivity contribution is 7.89. The zero-order chi connectivity index (χ0) is 14.8. The fraction of sp³-hybridized carbons (Fsp3) is 0.571. The molecule has 1 heterocycles. The Labute approximate surface area is 121 Å². The Kier molecular flexibility index (Phi) is 4.67. The predicted octanol–water partition coefficient (Wildman–Crippen LogP) is 1.33. The average Bonchev–Trinajstić information content (AvgIpc) is 2.47. The maximum absolute atomic E-state index is 12.0. The third-order valence-corrected chi connectivity index (χ3v) is 5.72. The standard InChI is InChI=1S/C14H22N2O3S/c1-4-20(17,18)16-10-9-15(2)14(11-16)12-5-7-13(19-3)8-6-12/h5-8,14H,4,9-11H2,1-3H3/t14-/m1/s1. The van der Waals surface area contributed by atoms with Crippen molar-refractivity contribution in [2.45, 2.75) is 13.0 Å². The zero-order valence-corrected chi connectivity index (χ0v) is 13.1. The van der Waals surface area contributed by atoms with E-state index in [2.05, 4.69) is 4.90 Å². The van der Waals surface area contributed by atoms with Crippen LogP contribution in [0.5, 0.6) is 5.75 Å². The number of methoxy groups -OCH3 is 1. The lowest BCUT2D eigenvalue weighted by Gasteiger charge is -2.38. The molecule has 0 amide bonds. The highest BCUT2D eigenvalue weighted by atomic mass is 32.2. The van der Waals surface area contributed by atoms with Gasteiger partial charge in [-0.2, -0.15) is 4.31 Å². The molecule has 2 rings (SSSR count). The summed E-state index contributed by atoms with van der Waals surface area (Å²) in [4.78, 5) is 2.20. The van der Waals surface area contributed by atoms with E-state index < -0.39 is 10.0 Å². The molecule has 1 aliphatic rings. The van der Waals surface area contributed by atoms with Gasteiger partial charge in [-0.05, 0) is 31.7 Å². The molecule has 0 radical (unpaired) electrons. The van der Waals surface area contributed by atoms with Gasteiger partial charge < -0.3 is 4.74 Å². The van der Waals surface area contributed by atoms with Crippen molar-refractivity contribution in [3.63, 3.8) is 0 Å². The summed E-state index contributed by atoms with van der Waals surface area (Å²) in [6, 6.07) is 7.92. The van der Waals surface area contributed by atoms with E-state index in [0.29, 0.717) is 13.1 Å². The molecule has 6 heteroatoms. The van der Waals surface area contributed by atoms with E-state index in [9.17, 15) is 8.42 Å². The maximum Gasteiger partial charge on any atom is 0.213 e. The van der Waals surface area contributed by atoms with Crippen molar-refractivity contribution in [1.82, 2.24) is 9.21 Å². The van der Waals surface area contributed by atoms with Gasteiger partial charge in [-0.25, -0.2) is 8.42 Å². The lowest BCUT2D eigenvalue weighted by atomic mass is 10.0. The number of rotatable bonds is 4. The highest BCUT2D eigenvalue weighted by Gasteiger charge is 2.31. The van der Waals surface area contributed by atoms with Gasteiger partial charge >= 0.3 is 0 Å². The molecule has 20 heavy (non-hydrogen) atoms. The first-order valence-corrected chi connectivity index (χ1v) is 8.41. The summed E-state index contributed by atoms with van der Waals surface area (Å²) in [7, 11) is 0.552. The topological polar surface area (TPSA) is 49.9 Å². The van der Waals surface area contributed by atoms with E-state index in [0.717, 1.165) is 17.9 Å². The van der Waals surface area contributed by atoms with Crippen LogP contribution in [0.2, 0.25) is 0 Å². The number of hydrogen-bond donors (Lipinski definition) is 0. The molecule has 0 N–H and O–H groups in total. The minimum absolute atomic E-state index is 0.0935. The number of likely N-dealkylation sites (N-methyl/N-ethyl adjacent to an activating group) is 1. The maximum atomic E-state index is 12.0. The van der Waals surface area contributed by atoms with Crippen LogP contribution < -0.4 is 4.74 Å². The van der Waals surface area contributed by atoms with Crippen LogP contribution in [0.1, 0.15) is 18.5 Å². The summed E-state index contributed by atoms with van der Waals surface area (Å²) in [5.74, 6) is 0.969. The molecule has 0 bridgehead atoms. The lowest BCUT2D eigenvalue weighted by molar-refractivity contribution is 0.148. The van der Waals surface area contributed by atoms with Gasteiger partial charge in [0.1, 0.15) is 5.75 Å². The molecule has 1 atom stereocenters. The quantitative estimate of drug-likeness (QED) is 0.841. The van der Waals surface area contributed by atoms with Gasteiger partial charge in [0.05, 0.1) is 12.9 Å². The molecule has 0 unspecified atom stereocenters. The van der Waals surface area contributed by atoms with E-state index in [1.54, 1.807) is 18.3 Å². The second-order valence-corrected chi connectivity index (χ2v) is 7.29. The highest BCUT2D eigenvalue weighted by Crippen LogP contribution is 2.27. The molecule has 1 aromatic carbocycles. The Hall–Kier alpha value is -1.11. The third-order valence-electron chi connectivity index (χ3n) is 3.87. The molecular weight excluding hydrogens is 276 g/mol. The van der Waals surface area contributed by atoms with Crippen LogP contribution in [-0.2, 0) is 10.0 Å². The van der Waals surface area contributed by atoms with Crippen LogP contribution in [0, 0.1) is 0 Å². The Morgan fingerprint density at radius 1 is 1.25 bits per heavy atom. The van der Waals surface area contributed by atoms with Crippen molar-refractivity contribution in [3.05, 3.63) is 29.8 Å². The molecule has 1 aromatic rings. The smallest absolute Gasteiger partial charge is 0.213 e. The Morgan fingerprint density at radius 2 is 1.90 bits per heavy atom. The summed E-state index contributed by atoms with van der Waals surface area (Å²) in [6.45, 7) is 3.52. The van der Waals surface area contributed by atoms with E-state index in [1.807, 2.05) is 31.3 Å². The van der Waals surface area contributed by atoms with Gasteiger partial charge in [0.15, 0.2) is 0 Å². The first-order chi connectivity index (χ1) is 9.47. The van der Waals surface area contributed by atoms with Crippen molar-refractivity contribution in [2.75, 3.05) is 39.5 Å². The molecule has 1 fully saturated rings. The monoisotopic (exact) mass is 298 g/mol. The fourth-order valence-corrected chi connectivity index (χ4v) is 3.56. The molecule has 0 spiro atoms. The summed E-state index contributed by atoms with van der Waals surface area (Å²) in [6.07, 6.45) is 0. The number of piperazine rings is 1. The SMILES string of the molecule is CCS(=O)(=O)N1CCN(C)[C@@H](c2ccc(OC)cc2)C1. The molecule has 0 saturated carbocycles. The van der Waals surface area contributed by atoms with Crippen LogP contribution in [-0.4, -0.2) is 57.2 Å². The van der Waals surface area contributed by atoms with Gasteiger partial charge in [-0.3, -0.25) is 4.90 Å². The Bertz CT molecular complexity index is 542. The molecule has 0 aromatic heterocycles. The molecule has 5 nitrogen and oxygen atoms in total. The van der Waals surface area contributed by atoms with Crippen LogP contribution in [0.15, 0.2) is 24.3 Å². The summed E-state index contributed by atoms with van der Waals surface area (Å²) in [5.41, 5.74) is 1.12. The van der Waals surface area contributed by atoms with E-state index >= 15 is 0 Å².